The van der Waals surface area contributed by atoms with E-state index in [0.717, 1.165) is 16.5 Å². The van der Waals surface area contributed by atoms with Crippen LogP contribution in [0.2, 0.25) is 0 Å². The minimum absolute atomic E-state index is 0.0808. The number of hydrogen-bond donors (Lipinski definition) is 6. The molecule has 3 atom stereocenters. The van der Waals surface area contributed by atoms with Crippen molar-refractivity contribution in [2.75, 3.05) is 18.6 Å². The first-order chi connectivity index (χ1) is 16.1. The number of benzene rings is 1. The maximum atomic E-state index is 12.9. The summed E-state index contributed by atoms with van der Waals surface area (Å²) < 4.78 is 0. The van der Waals surface area contributed by atoms with Crippen LogP contribution in [-0.2, 0) is 25.6 Å². The molecule has 0 aliphatic heterocycles. The predicted molar refractivity (Wildman–Crippen MR) is 132 cm³/mol. The molecule has 7 N–H and O–H groups in total. The second kappa shape index (κ2) is 13.0. The van der Waals surface area contributed by atoms with Gasteiger partial charge in [0, 0.05) is 23.5 Å². The quantitative estimate of drug-likeness (QED) is 0.239. The molecule has 1 aromatic carbocycles. The molecule has 0 aliphatic rings. The maximum Gasteiger partial charge on any atom is 0.326 e. The van der Waals surface area contributed by atoms with Crippen molar-refractivity contribution < 1.29 is 24.3 Å². The number of nitrogens with one attached hydrogen (secondary N) is 4. The lowest BCUT2D eigenvalue weighted by Gasteiger charge is -2.22. The molecule has 2 aromatic rings. The largest absolute Gasteiger partial charge is 0.480 e. The fourth-order valence-electron chi connectivity index (χ4n) is 3.33. The number of aromatic nitrogens is 1. The molecule has 0 bridgehead atoms. The molecule has 0 spiro atoms. The van der Waals surface area contributed by atoms with Crippen molar-refractivity contribution in [2.24, 2.45) is 11.7 Å². The molecular formula is C23H33N5O5S. The molecule has 0 saturated carbocycles. The van der Waals surface area contributed by atoms with E-state index < -0.39 is 41.8 Å². The number of aliphatic carboxylic acids is 1. The first-order valence-electron chi connectivity index (χ1n) is 11.0. The zero-order valence-electron chi connectivity index (χ0n) is 19.6. The Hall–Kier alpha value is -3.05. The van der Waals surface area contributed by atoms with E-state index in [1.165, 1.54) is 11.8 Å². The zero-order chi connectivity index (χ0) is 25.3. The van der Waals surface area contributed by atoms with Crippen LogP contribution in [0.25, 0.3) is 10.9 Å². The number of nitrogens with two attached hydrogens (primary N) is 1. The van der Waals surface area contributed by atoms with Crippen molar-refractivity contribution in [3.63, 3.8) is 0 Å². The number of carbonyl (C=O) groups excluding carboxylic acids is 3. The molecule has 0 saturated heterocycles. The molecule has 2 rings (SSSR count). The van der Waals surface area contributed by atoms with Gasteiger partial charge in [0.2, 0.25) is 17.7 Å². The average molecular weight is 492 g/mol. The van der Waals surface area contributed by atoms with Crippen LogP contribution in [-0.4, -0.2) is 70.5 Å². The smallest absolute Gasteiger partial charge is 0.326 e. The van der Waals surface area contributed by atoms with Gasteiger partial charge in [-0.1, -0.05) is 32.0 Å². The van der Waals surface area contributed by atoms with Crippen LogP contribution in [0.1, 0.15) is 25.8 Å². The first kappa shape index (κ1) is 27.2. The van der Waals surface area contributed by atoms with Crippen molar-refractivity contribution >= 4 is 46.4 Å². The van der Waals surface area contributed by atoms with E-state index in [0.29, 0.717) is 12.2 Å². The molecular weight excluding hydrogens is 458 g/mol. The summed E-state index contributed by atoms with van der Waals surface area (Å²) in [4.78, 5) is 52.2. The average Bonchev–Trinajstić information content (AvgIpc) is 3.21. The highest BCUT2D eigenvalue weighted by molar-refractivity contribution is 7.98. The molecule has 3 unspecified atom stereocenters. The Morgan fingerprint density at radius 1 is 1.09 bits per heavy atom. The van der Waals surface area contributed by atoms with Gasteiger partial charge < -0.3 is 31.8 Å². The van der Waals surface area contributed by atoms with E-state index >= 15 is 0 Å². The van der Waals surface area contributed by atoms with Gasteiger partial charge in [-0.2, -0.15) is 11.8 Å². The lowest BCUT2D eigenvalue weighted by molar-refractivity contribution is -0.142. The van der Waals surface area contributed by atoms with Crippen LogP contribution >= 0.6 is 11.8 Å². The lowest BCUT2D eigenvalue weighted by atomic mass is 10.0. The number of thioether (sulfide) groups is 1. The summed E-state index contributed by atoms with van der Waals surface area (Å²) >= 11 is 1.49. The molecule has 0 aliphatic carbocycles. The van der Waals surface area contributed by atoms with Gasteiger partial charge in [-0.05, 0) is 36.0 Å². The van der Waals surface area contributed by atoms with Crippen molar-refractivity contribution in [3.8, 4) is 0 Å². The van der Waals surface area contributed by atoms with E-state index in [1.807, 2.05) is 30.5 Å². The normalized spacial score (nSPS) is 13.8. The second-order valence-corrected chi connectivity index (χ2v) is 9.34. The number of amides is 3. The molecule has 34 heavy (non-hydrogen) atoms. The van der Waals surface area contributed by atoms with Gasteiger partial charge >= 0.3 is 5.97 Å². The number of aromatic amines is 1. The Labute approximate surface area is 202 Å². The third-order valence-electron chi connectivity index (χ3n) is 5.42. The van der Waals surface area contributed by atoms with Crippen molar-refractivity contribution in [3.05, 3.63) is 36.0 Å². The van der Waals surface area contributed by atoms with Gasteiger partial charge in [0.15, 0.2) is 0 Å². The summed E-state index contributed by atoms with van der Waals surface area (Å²) in [5.41, 5.74) is 7.40. The van der Waals surface area contributed by atoms with Crippen molar-refractivity contribution in [1.82, 2.24) is 20.9 Å². The highest BCUT2D eigenvalue weighted by Crippen LogP contribution is 2.19. The van der Waals surface area contributed by atoms with Crippen LogP contribution in [0, 0.1) is 5.92 Å². The third kappa shape index (κ3) is 7.77. The predicted octanol–water partition coefficient (Wildman–Crippen LogP) is 0.617. The fraction of sp³-hybridized carbons (Fsp3) is 0.478. The number of rotatable bonds is 13. The first-order valence-corrected chi connectivity index (χ1v) is 12.4. The highest BCUT2D eigenvalue weighted by atomic mass is 32.2. The number of carbonyl (C=O) groups is 4. The number of H-pyrrole nitrogens is 1. The third-order valence-corrected chi connectivity index (χ3v) is 6.06. The number of carboxylic acid groups (broad SMARTS) is 1. The summed E-state index contributed by atoms with van der Waals surface area (Å²) in [5, 5.41) is 18.2. The SMILES string of the molecule is CSCCC(NC(=O)CNC(=O)C(N)C(C)C)C(=O)NC(Cc1c[nH]c2ccccc12)C(=O)O. The van der Waals surface area contributed by atoms with Crippen LogP contribution in [0.15, 0.2) is 30.5 Å². The summed E-state index contributed by atoms with van der Waals surface area (Å²) in [6.07, 6.45) is 3.97. The van der Waals surface area contributed by atoms with E-state index in [2.05, 4.69) is 20.9 Å². The lowest BCUT2D eigenvalue weighted by Crippen LogP contribution is -2.54. The molecule has 3 amide bonds. The van der Waals surface area contributed by atoms with Gasteiger partial charge in [0.25, 0.3) is 0 Å². The molecule has 1 aromatic heterocycles. The Morgan fingerprint density at radius 2 is 1.79 bits per heavy atom. The van der Waals surface area contributed by atoms with Gasteiger partial charge in [0.1, 0.15) is 12.1 Å². The van der Waals surface area contributed by atoms with Crippen LogP contribution in [0.4, 0.5) is 0 Å². The van der Waals surface area contributed by atoms with Crippen molar-refractivity contribution in [1.29, 1.82) is 0 Å². The van der Waals surface area contributed by atoms with E-state index in [-0.39, 0.29) is 18.9 Å². The fourth-order valence-corrected chi connectivity index (χ4v) is 3.80. The summed E-state index contributed by atoms with van der Waals surface area (Å²) in [6.45, 7) is 3.25. The van der Waals surface area contributed by atoms with Crippen LogP contribution in [0.5, 0.6) is 0 Å². The van der Waals surface area contributed by atoms with E-state index in [9.17, 15) is 24.3 Å². The summed E-state index contributed by atoms with van der Waals surface area (Å²) in [7, 11) is 0. The monoisotopic (exact) mass is 491 g/mol. The van der Waals surface area contributed by atoms with Gasteiger partial charge in [-0.15, -0.1) is 0 Å². The molecule has 11 heteroatoms. The van der Waals surface area contributed by atoms with Crippen LogP contribution < -0.4 is 21.7 Å². The van der Waals surface area contributed by atoms with Crippen LogP contribution in [0.3, 0.4) is 0 Å². The molecule has 1 heterocycles. The van der Waals surface area contributed by atoms with Gasteiger partial charge in [-0.3, -0.25) is 14.4 Å². The molecule has 186 valence electrons. The second-order valence-electron chi connectivity index (χ2n) is 8.35. The van der Waals surface area contributed by atoms with E-state index in [1.54, 1.807) is 20.0 Å². The summed E-state index contributed by atoms with van der Waals surface area (Å²) in [5.74, 6) is -2.31. The zero-order valence-corrected chi connectivity index (χ0v) is 20.4. The molecule has 0 fully saturated rings. The van der Waals surface area contributed by atoms with Crippen molar-refractivity contribution in [2.45, 2.75) is 44.8 Å². The topological polar surface area (TPSA) is 166 Å². The minimum Gasteiger partial charge on any atom is -0.480 e. The number of carboxylic acids is 1. The summed E-state index contributed by atoms with van der Waals surface area (Å²) in [6, 6.07) is 4.62. The highest BCUT2D eigenvalue weighted by Gasteiger charge is 2.27. The Kier molecular flexibility index (Phi) is 10.4. The Bertz CT molecular complexity index is 1010. The number of para-hydroxylation sites is 1. The standard InChI is InChI=1S/C23H33N5O5S/c1-13(2)20(24)22(31)26-12-19(29)27-17(8-9-34-3)21(30)28-18(23(32)33)10-14-11-25-16-7-5-4-6-15(14)16/h4-7,11,13,17-18,20,25H,8-10,12,24H2,1-3H3,(H,26,31)(H,27,29)(H,28,30)(H,32,33). The number of hydrogen-bond acceptors (Lipinski definition) is 6. The maximum absolute atomic E-state index is 12.9. The Morgan fingerprint density at radius 3 is 2.44 bits per heavy atom. The van der Waals surface area contributed by atoms with Gasteiger partial charge in [0.05, 0.1) is 12.6 Å². The minimum atomic E-state index is -1.18. The molecule has 10 nitrogen and oxygen atoms in total. The molecule has 0 radical (unpaired) electrons. The Balaban J connectivity index is 2.03. The number of fused-ring (bicyclic) bond motifs is 1. The van der Waals surface area contributed by atoms with Gasteiger partial charge in [-0.25, -0.2) is 4.79 Å². The van der Waals surface area contributed by atoms with E-state index in [4.69, 9.17) is 5.73 Å².